The first-order chi connectivity index (χ1) is 13.4. The van der Waals surface area contributed by atoms with E-state index in [2.05, 4.69) is 17.2 Å². The van der Waals surface area contributed by atoms with Crippen molar-refractivity contribution in [2.75, 3.05) is 19.6 Å². The van der Waals surface area contributed by atoms with Gasteiger partial charge in [-0.25, -0.2) is 8.42 Å². The van der Waals surface area contributed by atoms with Crippen molar-refractivity contribution in [3.63, 3.8) is 0 Å². The number of sulfonamides is 1. The number of benzene rings is 1. The van der Waals surface area contributed by atoms with Crippen LogP contribution in [-0.2, 0) is 14.8 Å². The summed E-state index contributed by atoms with van der Waals surface area (Å²) in [5.74, 6) is 0.108. The van der Waals surface area contributed by atoms with Crippen molar-refractivity contribution in [3.05, 3.63) is 36.5 Å². The van der Waals surface area contributed by atoms with E-state index in [0.29, 0.717) is 38.0 Å². The molecule has 1 amide bonds. The summed E-state index contributed by atoms with van der Waals surface area (Å²) in [4.78, 5) is 19.0. The Morgan fingerprint density at radius 2 is 1.93 bits per heavy atom. The number of hydrogen-bond acceptors (Lipinski definition) is 5. The van der Waals surface area contributed by atoms with Gasteiger partial charge in [-0.3, -0.25) is 15.1 Å². The number of aromatic nitrogens is 1. The van der Waals surface area contributed by atoms with Gasteiger partial charge >= 0.3 is 0 Å². The molecule has 1 spiro atoms. The monoisotopic (exact) mass is 402 g/mol. The van der Waals surface area contributed by atoms with Crippen LogP contribution in [0.25, 0.3) is 10.9 Å². The number of nitrogens with one attached hydrogen (secondary N) is 1. The van der Waals surface area contributed by atoms with Gasteiger partial charge in [-0.05, 0) is 38.3 Å². The second-order valence-corrected chi connectivity index (χ2v) is 9.53. The van der Waals surface area contributed by atoms with Crippen molar-refractivity contribution in [2.24, 2.45) is 0 Å². The number of nitrogens with zero attached hydrogens (tertiary/aromatic N) is 3. The zero-order valence-corrected chi connectivity index (χ0v) is 17.1. The number of carbonyl (C=O) groups is 1. The maximum Gasteiger partial charge on any atom is 0.245 e. The number of carbonyl (C=O) groups excluding carboxylic acids is 1. The van der Waals surface area contributed by atoms with Crippen LogP contribution in [0.4, 0.5) is 0 Å². The summed E-state index contributed by atoms with van der Waals surface area (Å²) < 4.78 is 28.2. The summed E-state index contributed by atoms with van der Waals surface area (Å²) in [6, 6.07) is 8.68. The zero-order valence-electron chi connectivity index (χ0n) is 16.3. The van der Waals surface area contributed by atoms with Crippen LogP contribution < -0.4 is 5.32 Å². The van der Waals surface area contributed by atoms with Crippen molar-refractivity contribution in [1.82, 2.24) is 19.5 Å². The van der Waals surface area contributed by atoms with E-state index in [-0.39, 0.29) is 16.8 Å². The standard InChI is InChI=1S/C20H26N4O3S/c1-3-12-24-19(25)15(2)22-20(24)9-13-23(14-10-20)28(26,27)17-8-4-6-16-7-5-11-21-18(16)17/h4-8,11,15,22H,3,9-10,12-14H2,1-2H3. The number of pyridine rings is 1. The van der Waals surface area contributed by atoms with Crippen molar-refractivity contribution in [3.8, 4) is 0 Å². The van der Waals surface area contributed by atoms with E-state index >= 15 is 0 Å². The third-order valence-electron chi connectivity index (χ3n) is 5.85. The third kappa shape index (κ3) is 3.00. The molecule has 2 aliphatic heterocycles. The fraction of sp³-hybridized carbons (Fsp3) is 0.500. The van der Waals surface area contributed by atoms with E-state index in [0.717, 1.165) is 11.8 Å². The van der Waals surface area contributed by atoms with E-state index in [1.165, 1.54) is 4.31 Å². The lowest BCUT2D eigenvalue weighted by molar-refractivity contribution is -0.133. The Kier molecular flexibility index (Phi) is 4.89. The van der Waals surface area contributed by atoms with Crippen LogP contribution >= 0.6 is 0 Å². The highest BCUT2D eigenvalue weighted by Gasteiger charge is 2.50. The number of rotatable bonds is 4. The lowest BCUT2D eigenvalue weighted by Gasteiger charge is -2.44. The minimum absolute atomic E-state index is 0.108. The first-order valence-corrected chi connectivity index (χ1v) is 11.3. The molecule has 0 saturated carbocycles. The molecule has 1 atom stereocenters. The average molecular weight is 403 g/mol. The summed E-state index contributed by atoms with van der Waals surface area (Å²) in [6.45, 7) is 5.37. The lowest BCUT2D eigenvalue weighted by Crippen LogP contribution is -2.59. The fourth-order valence-corrected chi connectivity index (χ4v) is 6.08. The molecule has 7 nitrogen and oxygen atoms in total. The predicted octanol–water partition coefficient (Wildman–Crippen LogP) is 1.95. The Hall–Kier alpha value is -2.03. The highest BCUT2D eigenvalue weighted by Crippen LogP contribution is 2.35. The van der Waals surface area contributed by atoms with Gasteiger partial charge in [0, 0.05) is 31.2 Å². The Morgan fingerprint density at radius 1 is 1.21 bits per heavy atom. The van der Waals surface area contributed by atoms with Gasteiger partial charge in [-0.15, -0.1) is 0 Å². The minimum Gasteiger partial charge on any atom is -0.323 e. The maximum atomic E-state index is 13.3. The first-order valence-electron chi connectivity index (χ1n) is 9.82. The van der Waals surface area contributed by atoms with Gasteiger partial charge in [0.25, 0.3) is 0 Å². The van der Waals surface area contributed by atoms with Gasteiger partial charge in [0.1, 0.15) is 4.90 Å². The number of hydrogen-bond donors (Lipinski definition) is 1. The van der Waals surface area contributed by atoms with Gasteiger partial charge in [-0.2, -0.15) is 4.31 Å². The third-order valence-corrected chi connectivity index (χ3v) is 7.78. The highest BCUT2D eigenvalue weighted by molar-refractivity contribution is 7.89. The molecule has 1 unspecified atom stereocenters. The molecular weight excluding hydrogens is 376 g/mol. The van der Waals surface area contributed by atoms with Crippen molar-refractivity contribution < 1.29 is 13.2 Å². The summed E-state index contributed by atoms with van der Waals surface area (Å²) >= 11 is 0. The topological polar surface area (TPSA) is 82.6 Å². The van der Waals surface area contributed by atoms with E-state index in [4.69, 9.17) is 0 Å². The summed E-state index contributed by atoms with van der Waals surface area (Å²) in [7, 11) is -3.65. The summed E-state index contributed by atoms with van der Waals surface area (Å²) in [5, 5.41) is 4.25. The number of amides is 1. The molecule has 150 valence electrons. The van der Waals surface area contributed by atoms with Gasteiger partial charge in [0.15, 0.2) is 0 Å². The van der Waals surface area contributed by atoms with Crippen LogP contribution in [0, 0.1) is 0 Å². The summed E-state index contributed by atoms with van der Waals surface area (Å²) in [6.07, 6.45) is 3.66. The molecule has 0 radical (unpaired) electrons. The molecule has 0 bridgehead atoms. The van der Waals surface area contributed by atoms with Crippen molar-refractivity contribution >= 4 is 26.8 Å². The quantitative estimate of drug-likeness (QED) is 0.845. The zero-order chi connectivity index (χ0) is 19.9. The maximum absolute atomic E-state index is 13.3. The molecule has 1 aromatic heterocycles. The van der Waals surface area contributed by atoms with E-state index in [1.54, 1.807) is 24.4 Å². The molecule has 2 aliphatic rings. The number of piperidine rings is 1. The predicted molar refractivity (Wildman–Crippen MR) is 107 cm³/mol. The molecule has 1 aromatic carbocycles. The van der Waals surface area contributed by atoms with Gasteiger partial charge in [-0.1, -0.05) is 25.1 Å². The van der Waals surface area contributed by atoms with Crippen LogP contribution in [0.15, 0.2) is 41.4 Å². The Bertz CT molecular complexity index is 994. The minimum atomic E-state index is -3.65. The molecule has 8 heteroatoms. The Balaban J connectivity index is 1.60. The highest BCUT2D eigenvalue weighted by atomic mass is 32.2. The van der Waals surface area contributed by atoms with Crippen molar-refractivity contribution in [1.29, 1.82) is 0 Å². The molecule has 2 aromatic rings. The molecule has 1 N–H and O–H groups in total. The normalized spacial score (nSPS) is 23.0. The number of fused-ring (bicyclic) bond motifs is 1. The summed E-state index contributed by atoms with van der Waals surface area (Å²) in [5.41, 5.74) is 0.0657. The van der Waals surface area contributed by atoms with Crippen molar-refractivity contribution in [2.45, 2.75) is 49.7 Å². The fourth-order valence-electron chi connectivity index (χ4n) is 4.47. The van der Waals surface area contributed by atoms with Gasteiger partial charge < -0.3 is 4.90 Å². The number of para-hydroxylation sites is 1. The average Bonchev–Trinajstić information content (AvgIpc) is 2.92. The largest absolute Gasteiger partial charge is 0.323 e. The van der Waals surface area contributed by atoms with Gasteiger partial charge in [0.05, 0.1) is 17.2 Å². The smallest absolute Gasteiger partial charge is 0.245 e. The van der Waals surface area contributed by atoms with Crippen LogP contribution in [-0.4, -0.2) is 59.9 Å². The molecule has 0 aliphatic carbocycles. The van der Waals surface area contributed by atoms with E-state index in [9.17, 15) is 13.2 Å². The molecule has 4 rings (SSSR count). The molecule has 2 saturated heterocycles. The molecular formula is C20H26N4O3S. The Morgan fingerprint density at radius 3 is 2.64 bits per heavy atom. The Labute approximate surface area is 165 Å². The van der Waals surface area contributed by atoms with Crippen LogP contribution in [0.2, 0.25) is 0 Å². The molecule has 3 heterocycles. The van der Waals surface area contributed by atoms with E-state index < -0.39 is 15.7 Å². The van der Waals surface area contributed by atoms with E-state index in [1.807, 2.05) is 24.0 Å². The van der Waals surface area contributed by atoms with Crippen LogP contribution in [0.3, 0.4) is 0 Å². The van der Waals surface area contributed by atoms with Gasteiger partial charge in [0.2, 0.25) is 15.9 Å². The second-order valence-electron chi connectivity index (χ2n) is 7.62. The van der Waals surface area contributed by atoms with Crippen LogP contribution in [0.1, 0.15) is 33.1 Å². The molecule has 2 fully saturated rings. The lowest BCUT2D eigenvalue weighted by atomic mass is 9.97. The van der Waals surface area contributed by atoms with Crippen LogP contribution in [0.5, 0.6) is 0 Å². The second kappa shape index (κ2) is 7.09. The molecule has 28 heavy (non-hydrogen) atoms. The first kappa shape index (κ1) is 19.3. The SMILES string of the molecule is CCCN1C(=O)C(C)NC12CCN(S(=O)(=O)c1cccc3cccnc13)CC2.